The molecule has 1 spiro atoms. The van der Waals surface area contributed by atoms with Crippen LogP contribution in [0.5, 0.6) is 0 Å². The molecule has 2 saturated heterocycles. The van der Waals surface area contributed by atoms with Crippen molar-refractivity contribution < 1.29 is 19.1 Å². The van der Waals surface area contributed by atoms with E-state index in [2.05, 4.69) is 11.4 Å². The summed E-state index contributed by atoms with van der Waals surface area (Å²) in [6, 6.07) is 7.52. The molecule has 1 aromatic carbocycles. The second-order valence-corrected chi connectivity index (χ2v) is 7.91. The second kappa shape index (κ2) is 6.64. The molecule has 2 aliphatic heterocycles. The van der Waals surface area contributed by atoms with Crippen LogP contribution in [-0.2, 0) is 27.2 Å². The molecule has 144 valence electrons. The number of carbonyl (C=O) groups excluding carboxylic acids is 3. The summed E-state index contributed by atoms with van der Waals surface area (Å²) >= 11 is 0. The van der Waals surface area contributed by atoms with Crippen LogP contribution >= 0.6 is 0 Å². The minimum atomic E-state index is -0.919. The van der Waals surface area contributed by atoms with E-state index in [0.29, 0.717) is 25.9 Å². The fourth-order valence-corrected chi connectivity index (χ4v) is 4.46. The fourth-order valence-electron chi connectivity index (χ4n) is 4.46. The number of hydrogen-bond donors (Lipinski definition) is 1. The zero-order chi connectivity index (χ0) is 19.2. The molecule has 0 radical (unpaired) electrons. The number of ether oxygens (including phenoxy) is 1. The van der Waals surface area contributed by atoms with E-state index < -0.39 is 11.6 Å². The van der Waals surface area contributed by atoms with Gasteiger partial charge in [-0.25, -0.2) is 4.79 Å². The lowest BCUT2D eigenvalue weighted by Gasteiger charge is -2.36. The number of nitrogens with one attached hydrogen (secondary N) is 1. The van der Waals surface area contributed by atoms with Gasteiger partial charge in [0.2, 0.25) is 5.91 Å². The van der Waals surface area contributed by atoms with Crippen LogP contribution in [0.2, 0.25) is 0 Å². The second-order valence-electron chi connectivity index (χ2n) is 7.91. The molecule has 0 unspecified atom stereocenters. The maximum atomic E-state index is 13.1. The Bertz CT molecular complexity index is 785. The quantitative estimate of drug-likeness (QED) is 0.790. The van der Waals surface area contributed by atoms with Crippen LogP contribution in [0.25, 0.3) is 0 Å². The Morgan fingerprint density at radius 2 is 1.85 bits per heavy atom. The van der Waals surface area contributed by atoms with Crippen LogP contribution in [0.4, 0.5) is 4.79 Å². The van der Waals surface area contributed by atoms with Gasteiger partial charge in [0.25, 0.3) is 5.91 Å². The smallest absolute Gasteiger partial charge is 0.325 e. The number of benzene rings is 1. The third-order valence-corrected chi connectivity index (χ3v) is 5.74. The van der Waals surface area contributed by atoms with Crippen molar-refractivity contribution in [3.05, 3.63) is 35.4 Å². The number of nitrogens with zero attached hydrogens (tertiary/aromatic N) is 2. The summed E-state index contributed by atoms with van der Waals surface area (Å²) in [6.07, 6.45) is 1.67. The summed E-state index contributed by atoms with van der Waals surface area (Å²) in [5.74, 6) is -0.501. The van der Waals surface area contributed by atoms with E-state index in [-0.39, 0.29) is 30.6 Å². The van der Waals surface area contributed by atoms with E-state index in [1.807, 2.05) is 32.0 Å². The van der Waals surface area contributed by atoms with Gasteiger partial charge in [0.1, 0.15) is 12.1 Å². The zero-order valence-corrected chi connectivity index (χ0v) is 15.7. The Kier molecular flexibility index (Phi) is 4.42. The molecule has 0 saturated carbocycles. The van der Waals surface area contributed by atoms with Crippen molar-refractivity contribution in [1.29, 1.82) is 0 Å². The molecule has 0 aromatic heterocycles. The van der Waals surface area contributed by atoms with E-state index in [9.17, 15) is 14.4 Å². The highest BCUT2D eigenvalue weighted by atomic mass is 16.5. The normalized spacial score (nSPS) is 30.4. The molecule has 1 aromatic rings. The van der Waals surface area contributed by atoms with Gasteiger partial charge in [-0.2, -0.15) is 0 Å². The van der Waals surface area contributed by atoms with Crippen molar-refractivity contribution in [3.63, 3.8) is 0 Å². The van der Waals surface area contributed by atoms with Crippen molar-refractivity contribution >= 4 is 17.8 Å². The Morgan fingerprint density at radius 3 is 2.56 bits per heavy atom. The van der Waals surface area contributed by atoms with Gasteiger partial charge in [0.15, 0.2) is 0 Å². The summed E-state index contributed by atoms with van der Waals surface area (Å²) in [6.45, 7) is 4.57. The van der Waals surface area contributed by atoms with Gasteiger partial charge in [-0.15, -0.1) is 0 Å². The van der Waals surface area contributed by atoms with E-state index >= 15 is 0 Å². The van der Waals surface area contributed by atoms with Crippen molar-refractivity contribution in [3.8, 4) is 0 Å². The van der Waals surface area contributed by atoms with Crippen molar-refractivity contribution in [1.82, 2.24) is 15.1 Å². The maximum absolute atomic E-state index is 13.1. The standard InChI is InChI=1S/C20H25N3O4/c1-13-10-22(11-14(2)27-13)17(24)12-23-18(25)20(21-19(23)26)8-7-15-5-3-4-6-16(15)9-20/h3-6,13-14H,7-12H2,1-2H3,(H,21,26)/t13-,14+,20-/m1/s1. The predicted molar refractivity (Wildman–Crippen MR) is 98.0 cm³/mol. The summed E-state index contributed by atoms with van der Waals surface area (Å²) in [4.78, 5) is 41.1. The molecule has 0 bridgehead atoms. The Balaban J connectivity index is 1.48. The molecule has 2 fully saturated rings. The SMILES string of the molecule is C[C@@H]1CN(C(=O)CN2C(=O)N[C@@]3(CCc4ccccc4C3)C2=O)C[C@H](C)O1. The predicted octanol–water partition coefficient (Wildman–Crippen LogP) is 1.10. The van der Waals surface area contributed by atoms with Crippen LogP contribution in [0, 0.1) is 0 Å². The molecular formula is C20H25N3O4. The largest absolute Gasteiger partial charge is 0.372 e. The molecule has 7 nitrogen and oxygen atoms in total. The summed E-state index contributed by atoms with van der Waals surface area (Å²) < 4.78 is 5.65. The number of aryl methyl sites for hydroxylation is 1. The summed E-state index contributed by atoms with van der Waals surface area (Å²) in [5.41, 5.74) is 1.38. The molecule has 3 atom stereocenters. The first kappa shape index (κ1) is 18.0. The Hall–Kier alpha value is -2.41. The number of imide groups is 1. The summed E-state index contributed by atoms with van der Waals surface area (Å²) in [7, 11) is 0. The van der Waals surface area contributed by atoms with Crippen LogP contribution in [-0.4, -0.2) is 65.0 Å². The topological polar surface area (TPSA) is 79.0 Å². The van der Waals surface area contributed by atoms with Gasteiger partial charge in [0, 0.05) is 19.5 Å². The van der Waals surface area contributed by atoms with Crippen molar-refractivity contribution in [2.24, 2.45) is 0 Å². The van der Waals surface area contributed by atoms with Crippen molar-refractivity contribution in [2.75, 3.05) is 19.6 Å². The highest BCUT2D eigenvalue weighted by Crippen LogP contribution is 2.33. The number of rotatable bonds is 2. The Labute approximate surface area is 158 Å². The molecule has 1 aliphatic carbocycles. The number of morpholine rings is 1. The molecule has 3 aliphatic rings. The van der Waals surface area contributed by atoms with E-state index in [1.165, 1.54) is 5.56 Å². The van der Waals surface area contributed by atoms with Gasteiger partial charge in [-0.1, -0.05) is 24.3 Å². The minimum Gasteiger partial charge on any atom is -0.372 e. The molecule has 1 N–H and O–H groups in total. The average molecular weight is 371 g/mol. The molecule has 7 heteroatoms. The molecule has 4 amide bonds. The number of hydrogen-bond acceptors (Lipinski definition) is 4. The van der Waals surface area contributed by atoms with E-state index in [1.54, 1.807) is 4.90 Å². The highest BCUT2D eigenvalue weighted by Gasteiger charge is 2.52. The lowest BCUT2D eigenvalue weighted by Crippen LogP contribution is -2.53. The van der Waals surface area contributed by atoms with Crippen LogP contribution in [0.3, 0.4) is 0 Å². The van der Waals surface area contributed by atoms with Crippen LogP contribution in [0.1, 0.15) is 31.4 Å². The van der Waals surface area contributed by atoms with Crippen molar-refractivity contribution in [2.45, 2.75) is 50.9 Å². The highest BCUT2D eigenvalue weighted by molar-refractivity contribution is 6.09. The number of urea groups is 1. The third kappa shape index (κ3) is 3.20. The Morgan fingerprint density at radius 1 is 1.19 bits per heavy atom. The van der Waals surface area contributed by atoms with Gasteiger partial charge < -0.3 is 15.0 Å². The zero-order valence-electron chi connectivity index (χ0n) is 15.7. The maximum Gasteiger partial charge on any atom is 0.325 e. The molecular weight excluding hydrogens is 346 g/mol. The lowest BCUT2D eigenvalue weighted by atomic mass is 9.78. The number of carbonyl (C=O) groups is 3. The first-order chi connectivity index (χ1) is 12.9. The molecule has 4 rings (SSSR count). The number of amides is 4. The lowest BCUT2D eigenvalue weighted by molar-refractivity contribution is -0.146. The average Bonchev–Trinajstić information content (AvgIpc) is 2.85. The first-order valence-electron chi connectivity index (χ1n) is 9.52. The van der Waals surface area contributed by atoms with Gasteiger partial charge in [-0.05, 0) is 37.8 Å². The van der Waals surface area contributed by atoms with E-state index in [4.69, 9.17) is 4.74 Å². The van der Waals surface area contributed by atoms with Gasteiger partial charge in [0.05, 0.1) is 12.2 Å². The van der Waals surface area contributed by atoms with E-state index in [0.717, 1.165) is 16.9 Å². The first-order valence-corrected chi connectivity index (χ1v) is 9.52. The van der Waals surface area contributed by atoms with Crippen LogP contribution < -0.4 is 5.32 Å². The summed E-state index contributed by atoms with van der Waals surface area (Å²) in [5, 5.41) is 2.88. The molecule has 2 heterocycles. The monoisotopic (exact) mass is 371 g/mol. The minimum absolute atomic E-state index is 0.0537. The third-order valence-electron chi connectivity index (χ3n) is 5.74. The van der Waals surface area contributed by atoms with Crippen LogP contribution in [0.15, 0.2) is 24.3 Å². The fraction of sp³-hybridized carbons (Fsp3) is 0.550. The van der Waals surface area contributed by atoms with Gasteiger partial charge in [-0.3, -0.25) is 14.5 Å². The number of fused-ring (bicyclic) bond motifs is 1. The van der Waals surface area contributed by atoms with Gasteiger partial charge >= 0.3 is 6.03 Å². The molecule has 27 heavy (non-hydrogen) atoms.